The summed E-state index contributed by atoms with van der Waals surface area (Å²) in [6.07, 6.45) is 5.29. The van der Waals surface area contributed by atoms with Crippen molar-refractivity contribution in [1.82, 2.24) is 24.9 Å². The van der Waals surface area contributed by atoms with Gasteiger partial charge in [0.15, 0.2) is 5.69 Å². The van der Waals surface area contributed by atoms with Crippen LogP contribution < -0.4 is 14.8 Å². The molecule has 4 fully saturated rings. The van der Waals surface area contributed by atoms with Crippen LogP contribution in [0.15, 0.2) is 42.5 Å². The van der Waals surface area contributed by atoms with Crippen LogP contribution in [0.5, 0.6) is 11.5 Å². The molecule has 2 N–H and O–H groups in total. The highest BCUT2D eigenvalue weighted by Gasteiger charge is 2.62. The summed E-state index contributed by atoms with van der Waals surface area (Å²) < 4.78 is 13.1. The number of ether oxygens (including phenoxy) is 2. The van der Waals surface area contributed by atoms with Gasteiger partial charge in [-0.15, -0.1) is 0 Å². The lowest BCUT2D eigenvalue weighted by molar-refractivity contribution is -0.163. The van der Waals surface area contributed by atoms with Gasteiger partial charge in [0.25, 0.3) is 11.8 Å². The van der Waals surface area contributed by atoms with Gasteiger partial charge in [0.05, 0.1) is 31.2 Å². The third-order valence-corrected chi connectivity index (χ3v) is 10.9. The van der Waals surface area contributed by atoms with E-state index in [-0.39, 0.29) is 23.4 Å². The van der Waals surface area contributed by atoms with Gasteiger partial charge in [-0.3, -0.25) is 9.59 Å². The Bertz CT molecular complexity index is 1660. The van der Waals surface area contributed by atoms with E-state index in [4.69, 9.17) is 14.6 Å². The maximum Gasteiger partial charge on any atom is 0.330 e. The number of aromatic nitrogens is 2. The number of carboxylic acids is 1. The molecule has 2 aromatic carbocycles. The second-order valence-electron chi connectivity index (χ2n) is 14.2. The van der Waals surface area contributed by atoms with Gasteiger partial charge in [-0.05, 0) is 126 Å². The van der Waals surface area contributed by atoms with Crippen LogP contribution in [0.2, 0.25) is 0 Å². The molecular formula is C37H47N5O6. The van der Waals surface area contributed by atoms with Gasteiger partial charge < -0.3 is 29.7 Å². The van der Waals surface area contributed by atoms with E-state index < -0.39 is 17.4 Å². The summed E-state index contributed by atoms with van der Waals surface area (Å²) in [5.41, 5.74) is 1.76. The average Bonchev–Trinajstić information content (AvgIpc) is 3.50. The molecule has 0 saturated heterocycles. The number of benzene rings is 2. The lowest BCUT2D eigenvalue weighted by Crippen LogP contribution is -2.70. The molecule has 0 atom stereocenters. The minimum atomic E-state index is -1.32. The van der Waals surface area contributed by atoms with Gasteiger partial charge in [0.2, 0.25) is 0 Å². The zero-order valence-electron chi connectivity index (χ0n) is 28.8. The Morgan fingerprint density at radius 1 is 0.938 bits per heavy atom. The van der Waals surface area contributed by atoms with Crippen molar-refractivity contribution in [2.75, 3.05) is 48.5 Å². The molecule has 11 heteroatoms. The highest BCUT2D eigenvalue weighted by atomic mass is 16.5. The maximum atomic E-state index is 14.2. The van der Waals surface area contributed by atoms with Crippen LogP contribution in [-0.4, -0.2) is 96.5 Å². The van der Waals surface area contributed by atoms with E-state index in [1.54, 1.807) is 61.2 Å². The Labute approximate surface area is 282 Å². The molecule has 4 saturated carbocycles. The van der Waals surface area contributed by atoms with Crippen LogP contribution in [0.1, 0.15) is 64.9 Å². The number of rotatable bonds is 12. The first kappa shape index (κ1) is 33.5. The first-order chi connectivity index (χ1) is 23.0. The second-order valence-corrected chi connectivity index (χ2v) is 14.2. The van der Waals surface area contributed by atoms with E-state index in [0.717, 1.165) is 50.6 Å². The molecule has 4 aliphatic carbocycles. The van der Waals surface area contributed by atoms with Crippen molar-refractivity contribution >= 4 is 17.8 Å². The van der Waals surface area contributed by atoms with Crippen LogP contribution in [0.3, 0.4) is 0 Å². The van der Waals surface area contributed by atoms with Crippen molar-refractivity contribution in [2.45, 2.75) is 51.0 Å². The first-order valence-corrected chi connectivity index (χ1v) is 16.8. The quantitative estimate of drug-likeness (QED) is 0.282. The van der Waals surface area contributed by atoms with Crippen molar-refractivity contribution in [3.63, 3.8) is 0 Å². The molecule has 256 valence electrons. The molecule has 48 heavy (non-hydrogen) atoms. The van der Waals surface area contributed by atoms with Crippen molar-refractivity contribution < 1.29 is 29.0 Å². The zero-order valence-corrected chi connectivity index (χ0v) is 28.8. The molecule has 0 radical (unpaired) electrons. The number of carbonyl (C=O) groups excluding carboxylic acids is 2. The highest BCUT2D eigenvalue weighted by Crippen LogP contribution is 2.58. The Balaban J connectivity index is 1.42. The molecule has 4 bridgehead atoms. The molecule has 7 rings (SSSR count). The van der Waals surface area contributed by atoms with Crippen molar-refractivity contribution in [3.05, 3.63) is 59.3 Å². The van der Waals surface area contributed by atoms with E-state index in [1.807, 2.05) is 33.2 Å². The smallest absolute Gasteiger partial charge is 0.330 e. The van der Waals surface area contributed by atoms with E-state index in [2.05, 4.69) is 10.2 Å². The van der Waals surface area contributed by atoms with E-state index in [1.165, 1.54) is 0 Å². The van der Waals surface area contributed by atoms with E-state index in [9.17, 15) is 19.5 Å². The monoisotopic (exact) mass is 657 g/mol. The van der Waals surface area contributed by atoms with E-state index >= 15 is 0 Å². The molecule has 1 aromatic heterocycles. The Hall–Kier alpha value is -4.38. The fourth-order valence-corrected chi connectivity index (χ4v) is 8.66. The maximum absolute atomic E-state index is 14.2. The SMILES string of the molecule is COc1cccc(OC)c1-c1cc(C(=O)NC2(C(=O)O)C3CC4CC(C3)CC2C4)nn1-c1cc(C(=O)N(C)CCCN(C)C)ccc1C. The molecule has 2 amide bonds. The molecule has 0 aliphatic heterocycles. The van der Waals surface area contributed by atoms with Gasteiger partial charge >= 0.3 is 5.97 Å². The Morgan fingerprint density at radius 2 is 1.56 bits per heavy atom. The third kappa shape index (κ3) is 5.93. The van der Waals surface area contributed by atoms with Gasteiger partial charge in [-0.2, -0.15) is 5.10 Å². The molecule has 0 spiro atoms. The molecule has 1 heterocycles. The number of aliphatic carboxylic acids is 1. The summed E-state index contributed by atoms with van der Waals surface area (Å²) in [4.78, 5) is 44.6. The van der Waals surface area contributed by atoms with Crippen molar-refractivity contribution in [1.29, 1.82) is 0 Å². The standard InChI is InChI=1S/C37H47N5O6/c1-22-11-12-25(35(44)41(4)14-8-13-40(2)3)20-29(22)42-30(33-31(47-5)9-7-10-32(33)48-6)21-28(39-42)34(43)38-37(36(45)46)26-16-23-15-24(18-26)19-27(37)17-23/h7,9-12,20-21,23-24,26-27H,8,13-19H2,1-6H3,(H,38,43)(H,45,46). The second kappa shape index (κ2) is 13.3. The predicted octanol–water partition coefficient (Wildman–Crippen LogP) is 4.90. The number of nitrogens with zero attached hydrogens (tertiary/aromatic N) is 4. The van der Waals surface area contributed by atoms with Crippen molar-refractivity contribution in [3.8, 4) is 28.4 Å². The van der Waals surface area contributed by atoms with Crippen LogP contribution in [0.4, 0.5) is 0 Å². The van der Waals surface area contributed by atoms with Gasteiger partial charge in [0.1, 0.15) is 17.0 Å². The van der Waals surface area contributed by atoms with Crippen LogP contribution in [0.25, 0.3) is 16.9 Å². The topological polar surface area (TPSA) is 126 Å². The predicted molar refractivity (Wildman–Crippen MR) is 182 cm³/mol. The molecule has 11 nitrogen and oxygen atoms in total. The number of hydrogen-bond donors (Lipinski definition) is 2. The number of nitrogens with one attached hydrogen (secondary N) is 1. The van der Waals surface area contributed by atoms with Gasteiger partial charge in [-0.1, -0.05) is 12.1 Å². The fourth-order valence-electron chi connectivity index (χ4n) is 8.66. The number of amides is 2. The number of methoxy groups -OCH3 is 2. The molecule has 0 unspecified atom stereocenters. The summed E-state index contributed by atoms with van der Waals surface area (Å²) in [7, 11) is 8.93. The summed E-state index contributed by atoms with van der Waals surface area (Å²) in [6.45, 7) is 3.39. The zero-order chi connectivity index (χ0) is 34.3. The molecule has 3 aromatic rings. The van der Waals surface area contributed by atoms with Crippen LogP contribution in [-0.2, 0) is 4.79 Å². The summed E-state index contributed by atoms with van der Waals surface area (Å²) in [5.74, 6) is 0.249. The minimum absolute atomic E-state index is 0.0734. The summed E-state index contributed by atoms with van der Waals surface area (Å²) in [5, 5.41) is 18.5. The average molecular weight is 658 g/mol. The first-order valence-electron chi connectivity index (χ1n) is 16.8. The molecular weight excluding hydrogens is 610 g/mol. The largest absolute Gasteiger partial charge is 0.496 e. The number of hydrogen-bond acceptors (Lipinski definition) is 7. The molecule has 4 aliphatic rings. The lowest BCUT2D eigenvalue weighted by Gasteiger charge is -2.59. The van der Waals surface area contributed by atoms with Crippen molar-refractivity contribution in [2.24, 2.45) is 23.7 Å². The lowest BCUT2D eigenvalue weighted by atomic mass is 9.48. The third-order valence-electron chi connectivity index (χ3n) is 10.9. The Kier molecular flexibility index (Phi) is 9.26. The summed E-state index contributed by atoms with van der Waals surface area (Å²) in [6, 6.07) is 12.5. The normalized spacial score (nSPS) is 24.1. The van der Waals surface area contributed by atoms with Gasteiger partial charge in [-0.25, -0.2) is 9.48 Å². The number of carboxylic acid groups (broad SMARTS) is 1. The fraction of sp³-hybridized carbons (Fsp3) is 0.514. The van der Waals surface area contributed by atoms with Crippen LogP contribution in [0, 0.1) is 30.6 Å². The highest BCUT2D eigenvalue weighted by molar-refractivity contribution is 5.98. The van der Waals surface area contributed by atoms with E-state index in [0.29, 0.717) is 52.4 Å². The number of aryl methyl sites for hydroxylation is 1. The summed E-state index contributed by atoms with van der Waals surface area (Å²) >= 11 is 0. The Morgan fingerprint density at radius 3 is 2.12 bits per heavy atom. The number of carbonyl (C=O) groups is 3. The van der Waals surface area contributed by atoms with Gasteiger partial charge in [0, 0.05) is 19.2 Å². The van der Waals surface area contributed by atoms with Crippen LogP contribution >= 0.6 is 0 Å². The minimum Gasteiger partial charge on any atom is -0.496 e.